The van der Waals surface area contributed by atoms with E-state index in [-0.39, 0.29) is 12.3 Å². The summed E-state index contributed by atoms with van der Waals surface area (Å²) in [6, 6.07) is 0. The van der Waals surface area contributed by atoms with Crippen molar-refractivity contribution in [1.82, 2.24) is 14.7 Å². The molecule has 6 nitrogen and oxygen atoms in total. The molecule has 0 unspecified atom stereocenters. The van der Waals surface area contributed by atoms with Crippen molar-refractivity contribution in [2.24, 2.45) is 0 Å². The van der Waals surface area contributed by atoms with Gasteiger partial charge >= 0.3 is 5.97 Å². The maximum absolute atomic E-state index is 12.0. The Morgan fingerprint density at radius 1 is 1.53 bits per heavy atom. The van der Waals surface area contributed by atoms with E-state index in [2.05, 4.69) is 10.3 Å². The van der Waals surface area contributed by atoms with E-state index < -0.39 is 11.5 Å². The number of thiazole rings is 1. The van der Waals surface area contributed by atoms with Gasteiger partial charge in [0, 0.05) is 23.5 Å². The summed E-state index contributed by atoms with van der Waals surface area (Å²) in [7, 11) is 0. The Balaban J connectivity index is 1.72. The topological polar surface area (TPSA) is 83.7 Å². The molecule has 2 aromatic rings. The third-order valence-electron chi connectivity index (χ3n) is 3.55. The maximum atomic E-state index is 12.0. The zero-order valence-electron chi connectivity index (χ0n) is 10.1. The number of hydrogen-bond acceptors (Lipinski definition) is 4. The highest BCUT2D eigenvalue weighted by molar-refractivity contribution is 7.15. The van der Waals surface area contributed by atoms with Crippen LogP contribution in [0.4, 0.5) is 0 Å². The molecule has 0 radical (unpaired) electrons. The standard InChI is InChI=1S/C12H13N3O3S/c16-9(14-12(10(17)18)2-1-3-12)6-8-7-19-11-13-4-5-15(8)11/h4-5,7H,1-3,6H2,(H,14,16)(H,17,18). The van der Waals surface area contributed by atoms with Crippen LogP contribution in [0.5, 0.6) is 0 Å². The first-order chi connectivity index (χ1) is 9.11. The lowest BCUT2D eigenvalue weighted by molar-refractivity contribution is -0.151. The van der Waals surface area contributed by atoms with Crippen molar-refractivity contribution in [2.75, 3.05) is 0 Å². The molecule has 100 valence electrons. The average Bonchev–Trinajstić information content (AvgIpc) is 2.88. The van der Waals surface area contributed by atoms with Gasteiger partial charge < -0.3 is 10.4 Å². The van der Waals surface area contributed by atoms with Gasteiger partial charge in [0.25, 0.3) is 0 Å². The van der Waals surface area contributed by atoms with E-state index in [1.807, 2.05) is 9.78 Å². The summed E-state index contributed by atoms with van der Waals surface area (Å²) in [6.07, 6.45) is 5.52. The van der Waals surface area contributed by atoms with Gasteiger partial charge in [-0.3, -0.25) is 9.20 Å². The lowest BCUT2D eigenvalue weighted by Crippen LogP contribution is -2.59. The van der Waals surface area contributed by atoms with Crippen LogP contribution in [-0.2, 0) is 16.0 Å². The molecule has 0 spiro atoms. The van der Waals surface area contributed by atoms with Crippen LogP contribution in [0.2, 0.25) is 0 Å². The number of amides is 1. The highest BCUT2D eigenvalue weighted by Gasteiger charge is 2.45. The normalized spacial score (nSPS) is 17.1. The predicted octanol–water partition coefficient (Wildman–Crippen LogP) is 1.06. The minimum Gasteiger partial charge on any atom is -0.480 e. The highest BCUT2D eigenvalue weighted by atomic mass is 32.1. The molecule has 1 saturated carbocycles. The second kappa shape index (κ2) is 4.34. The lowest BCUT2D eigenvalue weighted by atomic mass is 9.76. The van der Waals surface area contributed by atoms with Crippen molar-refractivity contribution in [3.05, 3.63) is 23.5 Å². The number of aromatic nitrogens is 2. The molecule has 2 heterocycles. The summed E-state index contributed by atoms with van der Waals surface area (Å²) >= 11 is 1.46. The third kappa shape index (κ3) is 1.99. The Kier molecular flexibility index (Phi) is 2.78. The molecule has 2 aromatic heterocycles. The number of nitrogens with zero attached hydrogens (tertiary/aromatic N) is 2. The van der Waals surface area contributed by atoms with E-state index in [9.17, 15) is 9.59 Å². The fraction of sp³-hybridized carbons (Fsp3) is 0.417. The van der Waals surface area contributed by atoms with Crippen molar-refractivity contribution < 1.29 is 14.7 Å². The molecule has 19 heavy (non-hydrogen) atoms. The average molecular weight is 279 g/mol. The van der Waals surface area contributed by atoms with Crippen LogP contribution in [0.1, 0.15) is 25.0 Å². The first-order valence-electron chi connectivity index (χ1n) is 6.05. The summed E-state index contributed by atoms with van der Waals surface area (Å²) in [4.78, 5) is 28.1. The molecule has 3 rings (SSSR count). The fourth-order valence-corrected chi connectivity index (χ4v) is 3.15. The molecule has 1 aliphatic rings. The molecule has 0 aromatic carbocycles. The monoisotopic (exact) mass is 279 g/mol. The number of carboxylic acids is 1. The molecule has 7 heteroatoms. The lowest BCUT2D eigenvalue weighted by Gasteiger charge is -2.38. The molecule has 0 aliphatic heterocycles. The van der Waals surface area contributed by atoms with Crippen LogP contribution in [0, 0.1) is 0 Å². The second-order valence-corrected chi connectivity index (χ2v) is 5.61. The predicted molar refractivity (Wildman–Crippen MR) is 69.1 cm³/mol. The van der Waals surface area contributed by atoms with Crippen molar-refractivity contribution >= 4 is 28.2 Å². The van der Waals surface area contributed by atoms with Crippen LogP contribution in [0.25, 0.3) is 4.96 Å². The van der Waals surface area contributed by atoms with Crippen LogP contribution in [-0.4, -0.2) is 31.9 Å². The summed E-state index contributed by atoms with van der Waals surface area (Å²) in [6.45, 7) is 0. The molecule has 2 N–H and O–H groups in total. The molecular weight excluding hydrogens is 266 g/mol. The quantitative estimate of drug-likeness (QED) is 0.876. The van der Waals surface area contributed by atoms with Gasteiger partial charge in [-0.2, -0.15) is 0 Å². The number of fused-ring (bicyclic) bond motifs is 1. The van der Waals surface area contributed by atoms with Gasteiger partial charge in [-0.25, -0.2) is 9.78 Å². The van der Waals surface area contributed by atoms with Crippen molar-refractivity contribution in [2.45, 2.75) is 31.2 Å². The van der Waals surface area contributed by atoms with E-state index >= 15 is 0 Å². The minimum atomic E-state index is -1.04. The minimum absolute atomic E-state index is 0.172. The number of nitrogens with one attached hydrogen (secondary N) is 1. The number of carbonyl (C=O) groups excluding carboxylic acids is 1. The van der Waals surface area contributed by atoms with E-state index in [1.165, 1.54) is 11.3 Å². The van der Waals surface area contributed by atoms with Gasteiger partial charge in [0.2, 0.25) is 5.91 Å². The van der Waals surface area contributed by atoms with Crippen LogP contribution < -0.4 is 5.32 Å². The SMILES string of the molecule is O=C(Cc1csc2nccn12)NC1(C(=O)O)CCC1. The Labute approximate surface area is 113 Å². The molecule has 0 saturated heterocycles. The van der Waals surface area contributed by atoms with E-state index in [1.54, 1.807) is 12.4 Å². The summed E-state index contributed by atoms with van der Waals surface area (Å²) in [5, 5.41) is 13.7. The van der Waals surface area contributed by atoms with Crippen molar-refractivity contribution in [3.8, 4) is 0 Å². The Morgan fingerprint density at radius 3 is 2.95 bits per heavy atom. The van der Waals surface area contributed by atoms with Crippen LogP contribution in [0.15, 0.2) is 17.8 Å². The molecule has 1 fully saturated rings. The number of hydrogen-bond donors (Lipinski definition) is 2. The zero-order valence-corrected chi connectivity index (χ0v) is 10.9. The summed E-state index contributed by atoms with van der Waals surface area (Å²) < 4.78 is 1.85. The molecule has 0 atom stereocenters. The smallest absolute Gasteiger partial charge is 0.329 e. The molecule has 1 aliphatic carbocycles. The van der Waals surface area contributed by atoms with Crippen LogP contribution in [0.3, 0.4) is 0 Å². The second-order valence-electron chi connectivity index (χ2n) is 4.77. The fourth-order valence-electron chi connectivity index (χ4n) is 2.30. The Hall–Kier alpha value is -1.89. The Morgan fingerprint density at radius 2 is 2.32 bits per heavy atom. The Bertz CT molecular complexity index is 641. The first kappa shape index (κ1) is 12.2. The number of carbonyl (C=O) groups is 2. The number of carboxylic acid groups (broad SMARTS) is 1. The van der Waals surface area contributed by atoms with Gasteiger partial charge in [-0.05, 0) is 19.3 Å². The van der Waals surface area contributed by atoms with Gasteiger partial charge in [0.1, 0.15) is 5.54 Å². The van der Waals surface area contributed by atoms with Crippen LogP contribution >= 0.6 is 11.3 Å². The number of rotatable bonds is 4. The first-order valence-corrected chi connectivity index (χ1v) is 6.92. The van der Waals surface area contributed by atoms with Gasteiger partial charge in [0.05, 0.1) is 6.42 Å². The largest absolute Gasteiger partial charge is 0.480 e. The van der Waals surface area contributed by atoms with Gasteiger partial charge in [-0.15, -0.1) is 11.3 Å². The molecule has 0 bridgehead atoms. The van der Waals surface area contributed by atoms with E-state index in [4.69, 9.17) is 5.11 Å². The maximum Gasteiger partial charge on any atom is 0.329 e. The van der Waals surface area contributed by atoms with E-state index in [0.29, 0.717) is 12.8 Å². The summed E-state index contributed by atoms with van der Waals surface area (Å²) in [5.74, 6) is -1.19. The highest BCUT2D eigenvalue weighted by Crippen LogP contribution is 2.32. The van der Waals surface area contributed by atoms with Gasteiger partial charge in [0.15, 0.2) is 4.96 Å². The molecule has 1 amide bonds. The number of aliphatic carboxylic acids is 1. The zero-order chi connectivity index (χ0) is 13.5. The molecular formula is C12H13N3O3S. The van der Waals surface area contributed by atoms with E-state index in [0.717, 1.165) is 17.1 Å². The summed E-state index contributed by atoms with van der Waals surface area (Å²) in [5.41, 5.74) is -0.212. The van der Waals surface area contributed by atoms with Crippen molar-refractivity contribution in [1.29, 1.82) is 0 Å². The van der Waals surface area contributed by atoms with Gasteiger partial charge in [-0.1, -0.05) is 0 Å². The third-order valence-corrected chi connectivity index (χ3v) is 4.46. The van der Waals surface area contributed by atoms with Crippen molar-refractivity contribution in [3.63, 3.8) is 0 Å². The number of imidazole rings is 1.